The zero-order chi connectivity index (χ0) is 14.7. The van der Waals surface area contributed by atoms with Crippen LogP contribution in [0.3, 0.4) is 0 Å². The van der Waals surface area contributed by atoms with E-state index in [1.165, 1.54) is 18.2 Å². The summed E-state index contributed by atoms with van der Waals surface area (Å²) >= 11 is 1.35. The van der Waals surface area contributed by atoms with E-state index >= 15 is 0 Å². The van der Waals surface area contributed by atoms with Crippen LogP contribution >= 0.6 is 11.8 Å². The monoisotopic (exact) mass is 292 g/mol. The summed E-state index contributed by atoms with van der Waals surface area (Å²) in [4.78, 5) is 11.0. The fraction of sp³-hybridized carbons (Fsp3) is 0.833. The van der Waals surface area contributed by atoms with E-state index in [-0.39, 0.29) is 5.25 Å². The molecule has 111 valence electrons. The smallest absolute Gasteiger partial charge is 0.220 e. The van der Waals surface area contributed by atoms with Crippen LogP contribution in [0.25, 0.3) is 0 Å². The van der Waals surface area contributed by atoms with E-state index in [1.54, 1.807) is 6.92 Å². The minimum absolute atomic E-state index is 0.191. The van der Waals surface area contributed by atoms with Crippen molar-refractivity contribution in [1.29, 1.82) is 0 Å². The molecule has 0 aliphatic carbocycles. The van der Waals surface area contributed by atoms with E-state index in [4.69, 9.17) is 10.5 Å². The summed E-state index contributed by atoms with van der Waals surface area (Å²) in [5.41, 5.74) is 4.50. The number of amides is 1. The maximum absolute atomic E-state index is 11.0. The molecule has 7 heteroatoms. The summed E-state index contributed by atoms with van der Waals surface area (Å²) in [6.07, 6.45) is -3.14. The summed E-state index contributed by atoms with van der Waals surface area (Å²) in [5.74, 6) is -1.13. The van der Waals surface area contributed by atoms with Gasteiger partial charge in [-0.25, -0.2) is 0 Å². The third kappa shape index (κ3) is 4.32. The summed E-state index contributed by atoms with van der Waals surface area (Å²) in [6, 6.07) is 0. The number of carbonyl (C=O) groups is 1. The molecule has 0 aromatic rings. The fourth-order valence-electron chi connectivity index (χ4n) is 1.79. The quantitative estimate of drug-likeness (QED) is 0.531. The zero-order valence-corrected chi connectivity index (χ0v) is 12.1. The number of thioether (sulfide) groups is 1. The van der Waals surface area contributed by atoms with Gasteiger partial charge in [0.2, 0.25) is 5.91 Å². The zero-order valence-electron chi connectivity index (χ0n) is 11.3. The van der Waals surface area contributed by atoms with Gasteiger partial charge in [0.05, 0.1) is 6.10 Å². The number of rotatable bonds is 5. The SMILES string of the molecule is CC(C)SC1OC([CH]C(C)C(N)=O)C(O)C(O)C1O. The van der Waals surface area contributed by atoms with Gasteiger partial charge in [-0.2, -0.15) is 0 Å². The fourth-order valence-corrected chi connectivity index (χ4v) is 2.84. The summed E-state index contributed by atoms with van der Waals surface area (Å²) < 4.78 is 5.55. The van der Waals surface area contributed by atoms with Crippen LogP contribution in [0.5, 0.6) is 0 Å². The molecule has 0 aromatic carbocycles. The van der Waals surface area contributed by atoms with Gasteiger partial charge in [-0.3, -0.25) is 4.79 Å². The van der Waals surface area contributed by atoms with Crippen LogP contribution in [-0.2, 0) is 9.53 Å². The van der Waals surface area contributed by atoms with E-state index in [0.717, 1.165) is 0 Å². The number of aliphatic hydroxyl groups excluding tert-OH is 3. The molecule has 0 spiro atoms. The largest absolute Gasteiger partial charge is 0.388 e. The first-order chi connectivity index (χ1) is 8.73. The van der Waals surface area contributed by atoms with Crippen molar-refractivity contribution in [1.82, 2.24) is 0 Å². The molecule has 0 saturated carbocycles. The molecule has 1 fully saturated rings. The number of aliphatic hydroxyl groups is 3. The lowest BCUT2D eigenvalue weighted by atomic mass is 9.92. The molecule has 1 radical (unpaired) electrons. The molecular formula is C12H22NO5S. The first-order valence-electron chi connectivity index (χ1n) is 6.23. The Bertz CT molecular complexity index is 314. The third-order valence-electron chi connectivity index (χ3n) is 2.94. The number of nitrogens with two attached hydrogens (primary N) is 1. The molecule has 6 unspecified atom stereocenters. The van der Waals surface area contributed by atoms with Crippen LogP contribution in [0.2, 0.25) is 0 Å². The number of carbonyl (C=O) groups excluding carboxylic acids is 1. The average Bonchev–Trinajstić information content (AvgIpc) is 2.31. The Morgan fingerprint density at radius 1 is 1.21 bits per heavy atom. The standard InChI is InChI=1S/C12H22NO5S/c1-5(2)19-12-10(16)9(15)8(14)7(18-12)4-6(3)11(13)17/h4-10,12,14-16H,1-3H3,(H2,13,17). The van der Waals surface area contributed by atoms with Gasteiger partial charge in [0.1, 0.15) is 23.7 Å². The van der Waals surface area contributed by atoms with Crippen molar-refractivity contribution >= 4 is 17.7 Å². The third-order valence-corrected chi connectivity index (χ3v) is 4.14. The minimum Gasteiger partial charge on any atom is -0.388 e. The maximum atomic E-state index is 11.0. The molecule has 5 N–H and O–H groups in total. The van der Waals surface area contributed by atoms with Gasteiger partial charge in [0, 0.05) is 17.6 Å². The highest BCUT2D eigenvalue weighted by atomic mass is 32.2. The second-order valence-electron chi connectivity index (χ2n) is 5.01. The Kier molecular flexibility index (Phi) is 6.07. The summed E-state index contributed by atoms with van der Waals surface area (Å²) in [5, 5.41) is 29.7. The van der Waals surface area contributed by atoms with Gasteiger partial charge in [-0.1, -0.05) is 20.8 Å². The Morgan fingerprint density at radius 3 is 2.26 bits per heavy atom. The van der Waals surface area contributed by atoms with Crippen LogP contribution < -0.4 is 5.73 Å². The summed E-state index contributed by atoms with van der Waals surface area (Å²) in [7, 11) is 0. The Morgan fingerprint density at radius 2 is 1.79 bits per heavy atom. The predicted molar refractivity (Wildman–Crippen MR) is 72.1 cm³/mol. The Balaban J connectivity index is 2.72. The topological polar surface area (TPSA) is 113 Å². The van der Waals surface area contributed by atoms with E-state index in [2.05, 4.69) is 0 Å². The van der Waals surface area contributed by atoms with Crippen molar-refractivity contribution in [3.8, 4) is 0 Å². The minimum atomic E-state index is -1.31. The van der Waals surface area contributed by atoms with Crippen LogP contribution in [0.15, 0.2) is 0 Å². The van der Waals surface area contributed by atoms with Crippen molar-refractivity contribution in [2.75, 3.05) is 0 Å². The van der Waals surface area contributed by atoms with Crippen molar-refractivity contribution in [2.24, 2.45) is 11.7 Å². The van der Waals surface area contributed by atoms with Gasteiger partial charge in [0.25, 0.3) is 0 Å². The van der Waals surface area contributed by atoms with E-state index < -0.39 is 41.7 Å². The lowest BCUT2D eigenvalue weighted by molar-refractivity contribution is -0.190. The van der Waals surface area contributed by atoms with E-state index in [9.17, 15) is 20.1 Å². The molecule has 1 rings (SSSR count). The highest BCUT2D eigenvalue weighted by Crippen LogP contribution is 2.32. The Labute approximate surface area is 117 Å². The van der Waals surface area contributed by atoms with Gasteiger partial charge in [-0.15, -0.1) is 11.8 Å². The summed E-state index contributed by atoms with van der Waals surface area (Å²) in [6.45, 7) is 5.45. The van der Waals surface area contributed by atoms with Gasteiger partial charge in [-0.05, 0) is 0 Å². The number of hydrogen-bond acceptors (Lipinski definition) is 6. The number of hydrogen-bond donors (Lipinski definition) is 4. The second kappa shape index (κ2) is 6.90. The molecule has 0 aromatic heterocycles. The van der Waals surface area contributed by atoms with Crippen LogP contribution in [-0.4, -0.2) is 56.3 Å². The van der Waals surface area contributed by atoms with E-state index in [1.807, 2.05) is 13.8 Å². The van der Waals surface area contributed by atoms with Crippen molar-refractivity contribution in [3.05, 3.63) is 6.42 Å². The molecule has 6 atom stereocenters. The lowest BCUT2D eigenvalue weighted by Gasteiger charge is -2.41. The predicted octanol–water partition coefficient (Wildman–Crippen LogP) is -0.739. The highest BCUT2D eigenvalue weighted by molar-refractivity contribution is 8.00. The van der Waals surface area contributed by atoms with Crippen LogP contribution in [0, 0.1) is 12.3 Å². The van der Waals surface area contributed by atoms with Crippen molar-refractivity contribution in [2.45, 2.75) is 55.9 Å². The van der Waals surface area contributed by atoms with Crippen LogP contribution in [0.4, 0.5) is 0 Å². The van der Waals surface area contributed by atoms with Crippen molar-refractivity contribution < 1.29 is 24.9 Å². The van der Waals surface area contributed by atoms with Gasteiger partial charge >= 0.3 is 0 Å². The molecule has 1 saturated heterocycles. The molecule has 1 aliphatic heterocycles. The van der Waals surface area contributed by atoms with Gasteiger partial charge in [0.15, 0.2) is 0 Å². The Hall–Kier alpha value is -0.340. The molecular weight excluding hydrogens is 270 g/mol. The van der Waals surface area contributed by atoms with Gasteiger partial charge < -0.3 is 25.8 Å². The van der Waals surface area contributed by atoms with Crippen LogP contribution in [0.1, 0.15) is 20.8 Å². The molecule has 6 nitrogen and oxygen atoms in total. The molecule has 19 heavy (non-hydrogen) atoms. The average molecular weight is 292 g/mol. The molecule has 0 bridgehead atoms. The van der Waals surface area contributed by atoms with Crippen molar-refractivity contribution in [3.63, 3.8) is 0 Å². The van der Waals surface area contributed by atoms with E-state index in [0.29, 0.717) is 0 Å². The lowest BCUT2D eigenvalue weighted by Crippen LogP contribution is -2.57. The molecule has 1 aliphatic rings. The maximum Gasteiger partial charge on any atom is 0.220 e. The number of primary amides is 1. The number of ether oxygens (including phenoxy) is 1. The normalized spacial score (nSPS) is 37.3. The molecule has 1 heterocycles. The highest BCUT2D eigenvalue weighted by Gasteiger charge is 2.44. The first-order valence-corrected chi connectivity index (χ1v) is 7.17. The second-order valence-corrected chi connectivity index (χ2v) is 6.69. The first kappa shape index (κ1) is 16.7. The molecule has 1 amide bonds.